The number of carbonyl (C=O) groups excluding carboxylic acids is 4. The summed E-state index contributed by atoms with van der Waals surface area (Å²) in [4.78, 5) is 52.7. The van der Waals surface area contributed by atoms with Gasteiger partial charge in [0.2, 0.25) is 0 Å². The lowest BCUT2D eigenvalue weighted by atomic mass is 10.1. The van der Waals surface area contributed by atoms with Gasteiger partial charge in [0.05, 0.1) is 20.8 Å². The van der Waals surface area contributed by atoms with E-state index in [0.29, 0.717) is 42.9 Å². The number of Topliss-reactive ketones (excluding diaryl/α,β-unsaturated/α-hetero) is 1. The van der Waals surface area contributed by atoms with Crippen LogP contribution >= 0.6 is 0 Å². The number of hydrogen-bond donors (Lipinski definition) is 0. The van der Waals surface area contributed by atoms with Crippen molar-refractivity contribution in [3.8, 4) is 11.5 Å². The Morgan fingerprint density at radius 3 is 2.31 bits per heavy atom. The highest BCUT2D eigenvalue weighted by atomic mass is 16.5. The third-order valence-electron chi connectivity index (χ3n) is 7.02. The number of aromatic nitrogens is 1. The highest BCUT2D eigenvalue weighted by Gasteiger charge is 2.48. The van der Waals surface area contributed by atoms with Gasteiger partial charge in [-0.2, -0.15) is 0 Å². The van der Waals surface area contributed by atoms with Crippen LogP contribution in [0.2, 0.25) is 0 Å². The second-order valence-electron chi connectivity index (χ2n) is 9.09. The first-order valence-electron chi connectivity index (χ1n) is 11.9. The molecule has 9 heteroatoms. The summed E-state index contributed by atoms with van der Waals surface area (Å²) in [5.74, 6) is -0.790. The first-order chi connectivity index (χ1) is 16.8. The molecule has 2 aromatic rings. The molecule has 1 aliphatic carbocycles. The number of benzene rings is 1. The van der Waals surface area contributed by atoms with Crippen molar-refractivity contribution in [2.24, 2.45) is 0 Å². The lowest BCUT2D eigenvalue weighted by Crippen LogP contribution is -2.41. The summed E-state index contributed by atoms with van der Waals surface area (Å²) >= 11 is 0. The number of aryl methyl sites for hydroxylation is 2. The van der Waals surface area contributed by atoms with Crippen molar-refractivity contribution in [1.82, 2.24) is 14.4 Å². The molecule has 1 saturated heterocycles. The van der Waals surface area contributed by atoms with E-state index in [-0.39, 0.29) is 11.8 Å². The van der Waals surface area contributed by atoms with Gasteiger partial charge in [0, 0.05) is 29.5 Å². The van der Waals surface area contributed by atoms with Crippen LogP contribution in [-0.4, -0.2) is 64.8 Å². The molecule has 0 radical (unpaired) electrons. The van der Waals surface area contributed by atoms with E-state index in [0.717, 1.165) is 39.6 Å². The van der Waals surface area contributed by atoms with Gasteiger partial charge in [-0.1, -0.05) is 18.9 Å². The fourth-order valence-corrected chi connectivity index (χ4v) is 5.08. The third kappa shape index (κ3) is 4.54. The molecule has 2 fully saturated rings. The zero-order chi connectivity index (χ0) is 25.3. The molecule has 4 amide bonds. The molecule has 1 aliphatic heterocycles. The number of nitrogens with zero attached hydrogens (tertiary/aromatic N) is 3. The lowest BCUT2D eigenvalue weighted by molar-refractivity contribution is -0.143. The Hall–Kier alpha value is -3.62. The maximum Gasteiger partial charge on any atom is 0.334 e. The zero-order valence-electron chi connectivity index (χ0n) is 20.6. The van der Waals surface area contributed by atoms with Crippen molar-refractivity contribution in [1.29, 1.82) is 0 Å². The third-order valence-corrected chi connectivity index (χ3v) is 7.02. The molecule has 1 saturated carbocycles. The Morgan fingerprint density at radius 1 is 0.971 bits per heavy atom. The van der Waals surface area contributed by atoms with E-state index in [9.17, 15) is 19.2 Å². The second-order valence-corrected chi connectivity index (χ2v) is 9.09. The first-order valence-corrected chi connectivity index (χ1v) is 11.9. The van der Waals surface area contributed by atoms with Gasteiger partial charge >= 0.3 is 17.8 Å². The molecule has 2 aliphatic rings. The minimum atomic E-state index is -0.919. The van der Waals surface area contributed by atoms with Crippen molar-refractivity contribution in [2.45, 2.75) is 58.5 Å². The Balaban J connectivity index is 1.47. The molecule has 9 nitrogen and oxygen atoms in total. The van der Waals surface area contributed by atoms with Crippen molar-refractivity contribution in [2.75, 3.05) is 20.8 Å². The summed E-state index contributed by atoms with van der Waals surface area (Å²) < 4.78 is 12.7. The number of urea groups is 1. The van der Waals surface area contributed by atoms with Gasteiger partial charge in [-0.05, 0) is 56.9 Å². The fraction of sp³-hybridized carbons (Fsp3) is 0.462. The Kier molecular flexibility index (Phi) is 6.95. The molecular weight excluding hydrogens is 450 g/mol. The van der Waals surface area contributed by atoms with Crippen molar-refractivity contribution < 1.29 is 28.7 Å². The minimum absolute atomic E-state index is 0.249. The smallest absolute Gasteiger partial charge is 0.334 e. The van der Waals surface area contributed by atoms with E-state index in [4.69, 9.17) is 9.47 Å². The topological polar surface area (TPSA) is 98.1 Å². The number of amides is 4. The maximum atomic E-state index is 13.1. The van der Waals surface area contributed by atoms with E-state index >= 15 is 0 Å². The highest BCUT2D eigenvalue weighted by molar-refractivity contribution is 6.45. The summed E-state index contributed by atoms with van der Waals surface area (Å²) in [5, 5.41) is 0. The van der Waals surface area contributed by atoms with Crippen LogP contribution in [-0.2, 0) is 22.6 Å². The molecule has 0 unspecified atom stereocenters. The molecule has 0 spiro atoms. The molecule has 4 rings (SSSR count). The quantitative estimate of drug-likeness (QED) is 0.310. The van der Waals surface area contributed by atoms with E-state index in [1.165, 1.54) is 0 Å². The second kappa shape index (κ2) is 9.93. The molecular formula is C26H31N3O6. The van der Waals surface area contributed by atoms with Gasteiger partial charge in [0.1, 0.15) is 0 Å². The van der Waals surface area contributed by atoms with Gasteiger partial charge in [-0.25, -0.2) is 9.69 Å². The van der Waals surface area contributed by atoms with Gasteiger partial charge in [0.25, 0.3) is 0 Å². The number of carbonyl (C=O) groups is 4. The highest BCUT2D eigenvalue weighted by Crippen LogP contribution is 2.29. The molecule has 186 valence electrons. The van der Waals surface area contributed by atoms with Gasteiger partial charge in [0.15, 0.2) is 17.3 Å². The molecule has 0 bridgehead atoms. The summed E-state index contributed by atoms with van der Waals surface area (Å²) in [6.45, 7) is 3.96. The number of ether oxygens (including phenoxy) is 2. The largest absolute Gasteiger partial charge is 0.493 e. The van der Waals surface area contributed by atoms with Crippen LogP contribution in [0.4, 0.5) is 4.79 Å². The van der Waals surface area contributed by atoms with Crippen molar-refractivity contribution >= 4 is 23.6 Å². The van der Waals surface area contributed by atoms with Crippen LogP contribution in [0, 0.1) is 13.8 Å². The normalized spacial score (nSPS) is 16.5. The predicted molar refractivity (Wildman–Crippen MR) is 128 cm³/mol. The number of rotatable bonds is 9. The Labute approximate surface area is 204 Å². The zero-order valence-corrected chi connectivity index (χ0v) is 20.6. The first kappa shape index (κ1) is 24.5. The summed E-state index contributed by atoms with van der Waals surface area (Å²) in [7, 11) is 3.18. The number of hydrogen-bond acceptors (Lipinski definition) is 6. The predicted octanol–water partition coefficient (Wildman–Crippen LogP) is 3.28. The number of imide groups is 2. The SMILES string of the molecule is COc1ccc(CCn2c(C)cc(C(=O)CN3C(=O)C(=O)N(C4CCCC4)C3=O)c2C)cc1OC. The Bertz CT molecular complexity index is 1180. The van der Waals surface area contributed by atoms with Crippen LogP contribution in [0.25, 0.3) is 0 Å². The van der Waals surface area contributed by atoms with Crippen LogP contribution in [0.1, 0.15) is 53.0 Å². The van der Waals surface area contributed by atoms with E-state index in [2.05, 4.69) is 0 Å². The van der Waals surface area contributed by atoms with Gasteiger partial charge in [-0.15, -0.1) is 0 Å². The summed E-state index contributed by atoms with van der Waals surface area (Å²) in [6.07, 6.45) is 3.95. The molecule has 1 aromatic heterocycles. The van der Waals surface area contributed by atoms with Crippen LogP contribution < -0.4 is 9.47 Å². The van der Waals surface area contributed by atoms with Gasteiger partial charge in [-0.3, -0.25) is 19.3 Å². The van der Waals surface area contributed by atoms with Crippen LogP contribution in [0.15, 0.2) is 24.3 Å². The maximum absolute atomic E-state index is 13.1. The van der Waals surface area contributed by atoms with E-state index in [1.54, 1.807) is 20.3 Å². The molecule has 0 atom stereocenters. The number of methoxy groups -OCH3 is 2. The molecule has 0 N–H and O–H groups in total. The van der Waals surface area contributed by atoms with E-state index < -0.39 is 24.4 Å². The molecule has 1 aromatic carbocycles. The lowest BCUT2D eigenvalue weighted by Gasteiger charge is -2.20. The standard InChI is InChI=1S/C26H31N3O6/c1-16-13-20(17(2)27(16)12-11-18-9-10-22(34-3)23(14-18)35-4)21(30)15-28-24(31)25(32)29(26(28)33)19-7-5-6-8-19/h9-10,13-14,19H,5-8,11-12,15H2,1-4H3. The monoisotopic (exact) mass is 481 g/mol. The summed E-state index contributed by atoms with van der Waals surface area (Å²) in [5.41, 5.74) is 3.16. The van der Waals surface area contributed by atoms with Crippen molar-refractivity contribution in [3.63, 3.8) is 0 Å². The fourth-order valence-electron chi connectivity index (χ4n) is 5.08. The Morgan fingerprint density at radius 2 is 1.66 bits per heavy atom. The summed E-state index contributed by atoms with van der Waals surface area (Å²) in [6, 6.07) is 6.60. The van der Waals surface area contributed by atoms with Gasteiger partial charge < -0.3 is 14.0 Å². The van der Waals surface area contributed by atoms with Crippen molar-refractivity contribution in [3.05, 3.63) is 46.8 Å². The molecule has 2 heterocycles. The average Bonchev–Trinajstić information content (AvgIpc) is 3.52. The molecule has 35 heavy (non-hydrogen) atoms. The number of ketones is 1. The minimum Gasteiger partial charge on any atom is -0.493 e. The van der Waals surface area contributed by atoms with Crippen LogP contribution in [0.3, 0.4) is 0 Å². The van der Waals surface area contributed by atoms with Crippen LogP contribution in [0.5, 0.6) is 11.5 Å². The average molecular weight is 482 g/mol. The van der Waals surface area contributed by atoms with E-state index in [1.807, 2.05) is 36.6 Å².